The molecule has 1 amide bonds. The number of phenolic OH excluding ortho intramolecular Hbond substituents is 1. The predicted molar refractivity (Wildman–Crippen MR) is 102 cm³/mol. The molecule has 7 heteroatoms. The number of halogens is 1. The average Bonchev–Trinajstić information content (AvgIpc) is 3.29. The number of aromatic hydroxyl groups is 1. The van der Waals surface area contributed by atoms with Crippen molar-refractivity contribution in [1.29, 1.82) is 0 Å². The van der Waals surface area contributed by atoms with Gasteiger partial charge in [-0.05, 0) is 48.5 Å². The summed E-state index contributed by atoms with van der Waals surface area (Å²) in [5.74, 6) is 0.642. The van der Waals surface area contributed by atoms with Crippen LogP contribution in [0.15, 0.2) is 61.0 Å². The SMILES string of the molecule is O=C(c1ccc(Cl)s1)N1CCn2cccc2C1=COc1ccc(O)cc1. The molecule has 0 radical (unpaired) electrons. The van der Waals surface area contributed by atoms with Gasteiger partial charge in [0.2, 0.25) is 0 Å². The van der Waals surface area contributed by atoms with Crippen LogP contribution in [0.1, 0.15) is 15.4 Å². The number of carbonyl (C=O) groups excluding carboxylic acids is 1. The molecule has 0 aliphatic carbocycles. The Labute approximate surface area is 159 Å². The standard InChI is InChI=1S/C19H15ClN2O3S/c20-18-8-7-17(26-18)19(24)22-11-10-21-9-1-2-15(21)16(22)12-25-14-5-3-13(23)4-6-14/h1-9,12,23H,10-11H2. The lowest BCUT2D eigenvalue weighted by Crippen LogP contribution is -2.36. The third-order valence-corrected chi connectivity index (χ3v) is 5.34. The van der Waals surface area contributed by atoms with Gasteiger partial charge in [-0.3, -0.25) is 4.79 Å². The van der Waals surface area contributed by atoms with E-state index in [1.807, 2.05) is 18.3 Å². The van der Waals surface area contributed by atoms with Crippen molar-refractivity contribution < 1.29 is 14.6 Å². The van der Waals surface area contributed by atoms with Crippen molar-refractivity contribution in [1.82, 2.24) is 9.47 Å². The number of thiophene rings is 1. The van der Waals surface area contributed by atoms with Gasteiger partial charge in [-0.1, -0.05) is 11.6 Å². The van der Waals surface area contributed by atoms with Crippen molar-refractivity contribution in [3.05, 3.63) is 75.9 Å². The monoisotopic (exact) mass is 386 g/mol. The molecule has 3 heterocycles. The summed E-state index contributed by atoms with van der Waals surface area (Å²) in [5.41, 5.74) is 1.59. The zero-order chi connectivity index (χ0) is 18.1. The van der Waals surface area contributed by atoms with Gasteiger partial charge in [-0.2, -0.15) is 0 Å². The van der Waals surface area contributed by atoms with Crippen LogP contribution >= 0.6 is 22.9 Å². The van der Waals surface area contributed by atoms with E-state index in [9.17, 15) is 9.90 Å². The molecule has 1 aliphatic heterocycles. The number of benzene rings is 1. The predicted octanol–water partition coefficient (Wildman–Crippen LogP) is 4.44. The molecule has 0 spiro atoms. The van der Waals surface area contributed by atoms with Crippen molar-refractivity contribution in [3.8, 4) is 11.5 Å². The van der Waals surface area contributed by atoms with Crippen LogP contribution in [0.3, 0.4) is 0 Å². The van der Waals surface area contributed by atoms with Crippen LogP contribution in [0, 0.1) is 0 Å². The van der Waals surface area contributed by atoms with Crippen molar-refractivity contribution >= 4 is 34.5 Å². The fourth-order valence-corrected chi connectivity index (χ4v) is 3.85. The molecule has 3 aromatic rings. The molecule has 5 nitrogen and oxygen atoms in total. The molecule has 0 saturated carbocycles. The van der Waals surface area contributed by atoms with E-state index in [4.69, 9.17) is 16.3 Å². The number of amides is 1. The second-order valence-corrected chi connectivity index (χ2v) is 7.48. The number of phenols is 1. The number of hydrogen-bond acceptors (Lipinski definition) is 4. The van der Waals surface area contributed by atoms with Crippen LogP contribution in [-0.4, -0.2) is 27.0 Å². The van der Waals surface area contributed by atoms with Gasteiger partial charge in [0.05, 0.1) is 14.9 Å². The summed E-state index contributed by atoms with van der Waals surface area (Å²) in [6.07, 6.45) is 3.55. The molecule has 0 fully saturated rings. The Morgan fingerprint density at radius 2 is 1.96 bits per heavy atom. The van der Waals surface area contributed by atoms with Crippen LogP contribution in [0.25, 0.3) is 5.70 Å². The number of rotatable bonds is 3. The molecule has 0 atom stereocenters. The Morgan fingerprint density at radius 1 is 1.15 bits per heavy atom. The second kappa shape index (κ2) is 6.90. The summed E-state index contributed by atoms with van der Waals surface area (Å²) in [4.78, 5) is 15.2. The van der Waals surface area contributed by atoms with E-state index in [2.05, 4.69) is 4.57 Å². The van der Waals surface area contributed by atoms with E-state index < -0.39 is 0 Å². The van der Waals surface area contributed by atoms with Gasteiger partial charge in [-0.25, -0.2) is 0 Å². The Morgan fingerprint density at radius 3 is 2.69 bits per heavy atom. The minimum absolute atomic E-state index is 0.102. The highest BCUT2D eigenvalue weighted by Crippen LogP contribution is 2.30. The largest absolute Gasteiger partial charge is 0.508 e. The smallest absolute Gasteiger partial charge is 0.268 e. The first kappa shape index (κ1) is 16.8. The minimum atomic E-state index is -0.102. The lowest BCUT2D eigenvalue weighted by molar-refractivity contribution is 0.0826. The Kier molecular flexibility index (Phi) is 4.44. The fraction of sp³-hybridized carbons (Fsp3) is 0.105. The molecule has 2 aromatic heterocycles. The maximum absolute atomic E-state index is 13.0. The first-order chi connectivity index (χ1) is 12.6. The molecule has 0 bridgehead atoms. The summed E-state index contributed by atoms with van der Waals surface area (Å²) in [6.45, 7) is 1.25. The number of carbonyl (C=O) groups is 1. The van der Waals surface area contributed by atoms with E-state index in [1.54, 1.807) is 47.6 Å². The molecule has 132 valence electrons. The molecule has 1 aromatic carbocycles. The number of ether oxygens (including phenoxy) is 1. The lowest BCUT2D eigenvalue weighted by atomic mass is 10.2. The highest BCUT2D eigenvalue weighted by molar-refractivity contribution is 7.18. The minimum Gasteiger partial charge on any atom is -0.508 e. The summed E-state index contributed by atoms with van der Waals surface area (Å²) in [7, 11) is 0. The van der Waals surface area contributed by atoms with E-state index in [1.165, 1.54) is 11.3 Å². The van der Waals surface area contributed by atoms with Gasteiger partial charge in [0.1, 0.15) is 23.5 Å². The van der Waals surface area contributed by atoms with Gasteiger partial charge < -0.3 is 19.3 Å². The molecular weight excluding hydrogens is 372 g/mol. The van der Waals surface area contributed by atoms with Crippen molar-refractivity contribution in [2.75, 3.05) is 6.54 Å². The van der Waals surface area contributed by atoms with E-state index >= 15 is 0 Å². The van der Waals surface area contributed by atoms with E-state index in [0.29, 0.717) is 33.7 Å². The number of aromatic nitrogens is 1. The Hall–Kier alpha value is -2.70. The zero-order valence-electron chi connectivity index (χ0n) is 13.6. The summed E-state index contributed by atoms with van der Waals surface area (Å²) >= 11 is 7.24. The van der Waals surface area contributed by atoms with E-state index in [0.717, 1.165) is 5.69 Å². The van der Waals surface area contributed by atoms with Crippen molar-refractivity contribution in [2.24, 2.45) is 0 Å². The van der Waals surface area contributed by atoms with Gasteiger partial charge in [0, 0.05) is 19.3 Å². The van der Waals surface area contributed by atoms with Gasteiger partial charge in [0.15, 0.2) is 0 Å². The third kappa shape index (κ3) is 3.21. The molecule has 0 unspecified atom stereocenters. The third-order valence-electron chi connectivity index (χ3n) is 4.12. The number of nitrogens with zero attached hydrogens (tertiary/aromatic N) is 2. The molecule has 4 rings (SSSR count). The van der Waals surface area contributed by atoms with Gasteiger partial charge >= 0.3 is 0 Å². The normalized spacial score (nSPS) is 15.1. The Bertz CT molecular complexity index is 975. The quantitative estimate of drug-likeness (QED) is 0.677. The van der Waals surface area contributed by atoms with Crippen molar-refractivity contribution in [3.63, 3.8) is 0 Å². The zero-order valence-corrected chi connectivity index (χ0v) is 15.2. The highest BCUT2D eigenvalue weighted by atomic mass is 35.5. The van der Waals surface area contributed by atoms with Gasteiger partial charge in [-0.15, -0.1) is 11.3 Å². The fourth-order valence-electron chi connectivity index (χ4n) is 2.85. The highest BCUT2D eigenvalue weighted by Gasteiger charge is 2.28. The summed E-state index contributed by atoms with van der Waals surface area (Å²) in [5, 5.41) is 9.38. The summed E-state index contributed by atoms with van der Waals surface area (Å²) < 4.78 is 8.41. The van der Waals surface area contributed by atoms with Gasteiger partial charge in [0.25, 0.3) is 5.91 Å². The van der Waals surface area contributed by atoms with E-state index in [-0.39, 0.29) is 11.7 Å². The second-order valence-electron chi connectivity index (χ2n) is 5.76. The molecular formula is C19H15ClN2O3S. The molecule has 0 saturated heterocycles. The van der Waals surface area contributed by atoms with Crippen molar-refractivity contribution in [2.45, 2.75) is 6.54 Å². The van der Waals surface area contributed by atoms with Crippen LogP contribution in [-0.2, 0) is 6.54 Å². The Balaban J connectivity index is 1.67. The number of hydrogen-bond donors (Lipinski definition) is 1. The molecule has 1 N–H and O–H groups in total. The van der Waals surface area contributed by atoms with Crippen LogP contribution in [0.5, 0.6) is 11.5 Å². The molecule has 1 aliphatic rings. The topological polar surface area (TPSA) is 54.7 Å². The molecule has 26 heavy (non-hydrogen) atoms. The summed E-state index contributed by atoms with van der Waals surface area (Å²) in [6, 6.07) is 13.8. The number of fused-ring (bicyclic) bond motifs is 1. The lowest BCUT2D eigenvalue weighted by Gasteiger charge is -2.30. The first-order valence-electron chi connectivity index (χ1n) is 8.00. The first-order valence-corrected chi connectivity index (χ1v) is 9.20. The van der Waals surface area contributed by atoms with Crippen LogP contribution < -0.4 is 4.74 Å². The van der Waals surface area contributed by atoms with Crippen LogP contribution in [0.4, 0.5) is 0 Å². The van der Waals surface area contributed by atoms with Crippen LogP contribution in [0.2, 0.25) is 4.34 Å². The maximum atomic E-state index is 13.0. The average molecular weight is 387 g/mol. The maximum Gasteiger partial charge on any atom is 0.268 e.